The van der Waals surface area contributed by atoms with Crippen molar-refractivity contribution in [3.05, 3.63) is 71.0 Å². The lowest BCUT2D eigenvalue weighted by Crippen LogP contribution is -2.32. The molecular formula is C22H23N3O3. The average Bonchev–Trinajstić information content (AvgIpc) is 3.04. The van der Waals surface area contributed by atoms with Crippen LogP contribution >= 0.6 is 0 Å². The van der Waals surface area contributed by atoms with Crippen molar-refractivity contribution < 1.29 is 14.3 Å². The van der Waals surface area contributed by atoms with Gasteiger partial charge >= 0.3 is 0 Å². The predicted molar refractivity (Wildman–Crippen MR) is 107 cm³/mol. The van der Waals surface area contributed by atoms with Gasteiger partial charge in [-0.15, -0.1) is 0 Å². The zero-order valence-electron chi connectivity index (χ0n) is 16.3. The number of rotatable bonds is 4. The first-order chi connectivity index (χ1) is 13.5. The van der Waals surface area contributed by atoms with Crippen molar-refractivity contribution in [3.63, 3.8) is 0 Å². The molecule has 1 aromatic heterocycles. The van der Waals surface area contributed by atoms with Crippen molar-refractivity contribution in [2.45, 2.75) is 20.4 Å². The molecule has 1 aliphatic heterocycles. The van der Waals surface area contributed by atoms with Crippen molar-refractivity contribution in [2.75, 3.05) is 18.1 Å². The van der Waals surface area contributed by atoms with Crippen molar-refractivity contribution in [1.29, 1.82) is 0 Å². The second kappa shape index (κ2) is 7.38. The molecule has 144 valence electrons. The van der Waals surface area contributed by atoms with Crippen LogP contribution in [0.15, 0.2) is 48.5 Å². The van der Waals surface area contributed by atoms with Crippen LogP contribution in [0.1, 0.15) is 27.3 Å². The van der Waals surface area contributed by atoms with E-state index in [0.717, 1.165) is 34.0 Å². The monoisotopic (exact) mass is 377 g/mol. The number of ether oxygens (including phenoxy) is 2. The van der Waals surface area contributed by atoms with Crippen LogP contribution in [0.5, 0.6) is 11.5 Å². The fourth-order valence-corrected chi connectivity index (χ4v) is 3.45. The molecule has 4 rings (SSSR count). The highest BCUT2D eigenvalue weighted by atomic mass is 16.6. The minimum Gasteiger partial charge on any atom is -0.486 e. The van der Waals surface area contributed by atoms with Gasteiger partial charge in [-0.1, -0.05) is 24.3 Å². The molecule has 0 saturated heterocycles. The summed E-state index contributed by atoms with van der Waals surface area (Å²) >= 11 is 0. The van der Waals surface area contributed by atoms with Crippen LogP contribution in [0.2, 0.25) is 0 Å². The minimum absolute atomic E-state index is 0.0905. The van der Waals surface area contributed by atoms with Crippen molar-refractivity contribution in [1.82, 2.24) is 9.78 Å². The van der Waals surface area contributed by atoms with Gasteiger partial charge in [-0.05, 0) is 49.2 Å². The third-order valence-corrected chi connectivity index (χ3v) is 4.82. The second-order valence-corrected chi connectivity index (χ2v) is 6.95. The molecule has 0 aliphatic carbocycles. The number of carbonyl (C=O) groups is 1. The first-order valence-corrected chi connectivity index (χ1v) is 9.29. The summed E-state index contributed by atoms with van der Waals surface area (Å²) in [5.74, 6) is 1.37. The van der Waals surface area contributed by atoms with Crippen LogP contribution in [0.3, 0.4) is 0 Å². The summed E-state index contributed by atoms with van der Waals surface area (Å²) in [5, 5.41) is 4.33. The summed E-state index contributed by atoms with van der Waals surface area (Å²) in [6, 6.07) is 15.5. The van der Waals surface area contributed by atoms with Crippen LogP contribution in [0, 0.1) is 13.8 Å². The lowest BCUT2D eigenvalue weighted by atomic mass is 10.1. The van der Waals surface area contributed by atoms with E-state index in [1.807, 2.05) is 62.4 Å². The van der Waals surface area contributed by atoms with Crippen LogP contribution in [-0.2, 0) is 13.6 Å². The minimum atomic E-state index is -0.0905. The molecule has 0 N–H and O–H groups in total. The molecule has 0 spiro atoms. The Kier molecular flexibility index (Phi) is 4.77. The third kappa shape index (κ3) is 3.45. The largest absolute Gasteiger partial charge is 0.486 e. The molecule has 0 saturated carbocycles. The van der Waals surface area contributed by atoms with E-state index in [4.69, 9.17) is 9.47 Å². The van der Waals surface area contributed by atoms with Gasteiger partial charge in [0.1, 0.15) is 18.9 Å². The molecule has 1 aliphatic rings. The maximum Gasteiger partial charge on any atom is 0.276 e. The highest BCUT2D eigenvalue weighted by Crippen LogP contribution is 2.32. The maximum absolute atomic E-state index is 13.4. The van der Waals surface area contributed by atoms with E-state index in [1.54, 1.807) is 16.6 Å². The number of fused-ring (bicyclic) bond motifs is 1. The Hall–Kier alpha value is -3.28. The van der Waals surface area contributed by atoms with Gasteiger partial charge in [0.15, 0.2) is 11.5 Å². The molecule has 6 heteroatoms. The molecule has 0 atom stereocenters. The molecule has 1 amide bonds. The van der Waals surface area contributed by atoms with Crippen LogP contribution < -0.4 is 14.4 Å². The summed E-state index contributed by atoms with van der Waals surface area (Å²) < 4.78 is 12.9. The molecule has 0 unspecified atom stereocenters. The highest BCUT2D eigenvalue weighted by molar-refractivity contribution is 6.05. The Bertz CT molecular complexity index is 1030. The van der Waals surface area contributed by atoms with Gasteiger partial charge in [-0.3, -0.25) is 9.48 Å². The number of aryl methyl sites for hydroxylation is 3. The van der Waals surface area contributed by atoms with Gasteiger partial charge < -0.3 is 14.4 Å². The molecule has 3 aromatic rings. The van der Waals surface area contributed by atoms with Crippen molar-refractivity contribution >= 4 is 11.6 Å². The number of hydrogen-bond acceptors (Lipinski definition) is 4. The van der Waals surface area contributed by atoms with Gasteiger partial charge in [-0.2, -0.15) is 5.10 Å². The quantitative estimate of drug-likeness (QED) is 0.696. The van der Waals surface area contributed by atoms with Crippen molar-refractivity contribution in [2.24, 2.45) is 7.05 Å². The Morgan fingerprint density at radius 3 is 2.54 bits per heavy atom. The lowest BCUT2D eigenvalue weighted by molar-refractivity contribution is 0.0976. The summed E-state index contributed by atoms with van der Waals surface area (Å²) in [6.45, 7) is 5.40. The molecule has 6 nitrogen and oxygen atoms in total. The van der Waals surface area contributed by atoms with E-state index in [0.29, 0.717) is 25.5 Å². The SMILES string of the molecule is Cc1cc(C(=O)N(Cc2ccc3c(c2)OCCO3)c2ccccc2C)n(C)n1. The molecule has 2 aromatic carbocycles. The molecule has 2 heterocycles. The molecule has 0 bridgehead atoms. The molecular weight excluding hydrogens is 354 g/mol. The van der Waals surface area contributed by atoms with Gasteiger partial charge in [0.25, 0.3) is 5.91 Å². The third-order valence-electron chi connectivity index (χ3n) is 4.82. The van der Waals surface area contributed by atoms with Gasteiger partial charge in [-0.25, -0.2) is 0 Å². The van der Waals surface area contributed by atoms with Crippen LogP contribution in [-0.4, -0.2) is 28.9 Å². The van der Waals surface area contributed by atoms with Gasteiger partial charge in [0.05, 0.1) is 12.2 Å². The Labute approximate surface area is 164 Å². The summed E-state index contributed by atoms with van der Waals surface area (Å²) in [4.78, 5) is 15.2. The van der Waals surface area contributed by atoms with Crippen molar-refractivity contribution in [3.8, 4) is 11.5 Å². The lowest BCUT2D eigenvalue weighted by Gasteiger charge is -2.26. The van der Waals surface area contributed by atoms with Crippen LogP contribution in [0.25, 0.3) is 0 Å². The fraction of sp³-hybridized carbons (Fsp3) is 0.273. The topological polar surface area (TPSA) is 56.6 Å². The predicted octanol–water partition coefficient (Wildman–Crippen LogP) is 3.66. The van der Waals surface area contributed by atoms with Gasteiger partial charge in [0, 0.05) is 12.7 Å². The number of para-hydroxylation sites is 1. The van der Waals surface area contributed by atoms with E-state index in [2.05, 4.69) is 5.10 Å². The van der Waals surface area contributed by atoms with E-state index in [1.165, 1.54) is 0 Å². The number of aromatic nitrogens is 2. The van der Waals surface area contributed by atoms with E-state index >= 15 is 0 Å². The first-order valence-electron chi connectivity index (χ1n) is 9.29. The van der Waals surface area contributed by atoms with E-state index < -0.39 is 0 Å². The Balaban J connectivity index is 1.72. The van der Waals surface area contributed by atoms with Gasteiger partial charge in [0.2, 0.25) is 0 Å². The molecule has 28 heavy (non-hydrogen) atoms. The number of anilines is 1. The summed E-state index contributed by atoms with van der Waals surface area (Å²) in [6.07, 6.45) is 0. The molecule has 0 fully saturated rings. The van der Waals surface area contributed by atoms with Crippen LogP contribution in [0.4, 0.5) is 5.69 Å². The number of amides is 1. The normalized spacial score (nSPS) is 12.7. The van der Waals surface area contributed by atoms with E-state index in [-0.39, 0.29) is 5.91 Å². The zero-order valence-corrected chi connectivity index (χ0v) is 16.3. The Morgan fingerprint density at radius 2 is 1.82 bits per heavy atom. The summed E-state index contributed by atoms with van der Waals surface area (Å²) in [5.41, 5.74) is 4.25. The smallest absolute Gasteiger partial charge is 0.276 e. The number of nitrogens with zero attached hydrogens (tertiary/aromatic N) is 3. The first kappa shape index (κ1) is 18.1. The number of carbonyl (C=O) groups excluding carboxylic acids is 1. The Morgan fingerprint density at radius 1 is 1.07 bits per heavy atom. The second-order valence-electron chi connectivity index (χ2n) is 6.95. The average molecular weight is 377 g/mol. The zero-order chi connectivity index (χ0) is 19.7. The van der Waals surface area contributed by atoms with E-state index in [9.17, 15) is 4.79 Å². The molecule has 0 radical (unpaired) electrons. The number of benzene rings is 2. The highest BCUT2D eigenvalue weighted by Gasteiger charge is 2.23. The summed E-state index contributed by atoms with van der Waals surface area (Å²) in [7, 11) is 1.79. The number of hydrogen-bond donors (Lipinski definition) is 0. The maximum atomic E-state index is 13.4. The standard InChI is InChI=1S/C22H23N3O3/c1-15-6-4-5-7-18(15)25(22(26)19-12-16(2)23-24(19)3)14-17-8-9-20-21(13-17)28-11-10-27-20/h4-9,12-13H,10-11,14H2,1-3H3. The fourth-order valence-electron chi connectivity index (χ4n) is 3.45.